The number of allylic oxidation sites excluding steroid dienone is 4. The fraction of sp³-hybridized carbons (Fsp3) is 0.241. The first kappa shape index (κ1) is 22.0. The Balaban J connectivity index is 1.92. The van der Waals surface area contributed by atoms with E-state index in [2.05, 4.69) is 25.7 Å². The lowest BCUT2D eigenvalue weighted by atomic mass is 9.73. The van der Waals surface area contributed by atoms with Gasteiger partial charge in [0.05, 0.1) is 0 Å². The van der Waals surface area contributed by atoms with Crippen LogP contribution in [0, 0.1) is 29.4 Å². The molecule has 2 atom stereocenters. The highest BCUT2D eigenvalue weighted by Crippen LogP contribution is 2.47. The summed E-state index contributed by atoms with van der Waals surface area (Å²) >= 11 is 0. The summed E-state index contributed by atoms with van der Waals surface area (Å²) in [5, 5.41) is 1.76. The van der Waals surface area contributed by atoms with E-state index < -0.39 is 17.3 Å². The van der Waals surface area contributed by atoms with Gasteiger partial charge in [-0.05, 0) is 52.9 Å². The second-order valence-electron chi connectivity index (χ2n) is 8.33. The number of rotatable bonds is 4. The van der Waals surface area contributed by atoms with Gasteiger partial charge in [0.25, 0.3) is 0 Å². The lowest BCUT2D eigenvalue weighted by Crippen LogP contribution is -2.29. The van der Waals surface area contributed by atoms with Gasteiger partial charge in [0.15, 0.2) is 17.3 Å². The van der Waals surface area contributed by atoms with Gasteiger partial charge in [-0.1, -0.05) is 80.7 Å². The third kappa shape index (κ3) is 4.10. The van der Waals surface area contributed by atoms with E-state index in [0.29, 0.717) is 16.7 Å². The molecule has 0 radical (unpaired) electrons. The van der Waals surface area contributed by atoms with Crippen LogP contribution in [-0.2, 0) is 5.67 Å². The molecule has 32 heavy (non-hydrogen) atoms. The Hall–Kier alpha value is -3.25. The highest BCUT2D eigenvalue weighted by molar-refractivity contribution is 5.89. The molecule has 0 aliphatic heterocycles. The van der Waals surface area contributed by atoms with Crippen LogP contribution in [0.4, 0.5) is 13.2 Å². The van der Waals surface area contributed by atoms with Crippen LogP contribution in [0.5, 0.6) is 0 Å². The van der Waals surface area contributed by atoms with Crippen molar-refractivity contribution in [2.24, 2.45) is 5.92 Å². The standard InChI is InChI=1S/C29H25F3/c1-3-8-20(2)25-11-6-7-18-29(25,32)28-23(16-15-22-9-4-5-10-24(22)28)14-12-21-13-17-26(30)27(31)19-21/h4-7,9-11,13,15-17,19-20H,3,8,18H2,1-2H3. The van der Waals surface area contributed by atoms with E-state index in [-0.39, 0.29) is 12.3 Å². The molecule has 162 valence electrons. The fourth-order valence-corrected chi connectivity index (χ4v) is 4.56. The Morgan fingerprint density at radius 1 is 1.00 bits per heavy atom. The molecule has 0 fully saturated rings. The molecule has 0 N–H and O–H groups in total. The zero-order valence-electron chi connectivity index (χ0n) is 18.3. The van der Waals surface area contributed by atoms with Crippen molar-refractivity contribution in [1.29, 1.82) is 0 Å². The van der Waals surface area contributed by atoms with Gasteiger partial charge in [0, 0.05) is 23.1 Å². The summed E-state index contributed by atoms with van der Waals surface area (Å²) in [5.41, 5.74) is 0.510. The smallest absolute Gasteiger partial charge is 0.162 e. The van der Waals surface area contributed by atoms with Crippen molar-refractivity contribution < 1.29 is 13.2 Å². The molecular formula is C29H25F3. The first-order chi connectivity index (χ1) is 15.4. The van der Waals surface area contributed by atoms with Gasteiger partial charge in [-0.15, -0.1) is 0 Å². The average Bonchev–Trinajstić information content (AvgIpc) is 2.79. The molecule has 3 aromatic rings. The Morgan fingerprint density at radius 3 is 2.59 bits per heavy atom. The molecule has 0 saturated carbocycles. The largest absolute Gasteiger partial charge is 0.233 e. The van der Waals surface area contributed by atoms with Crippen molar-refractivity contribution in [3.63, 3.8) is 0 Å². The number of benzene rings is 3. The van der Waals surface area contributed by atoms with Crippen LogP contribution in [0.3, 0.4) is 0 Å². The van der Waals surface area contributed by atoms with Gasteiger partial charge in [0.1, 0.15) is 0 Å². The van der Waals surface area contributed by atoms with Crippen LogP contribution in [0.1, 0.15) is 49.8 Å². The highest BCUT2D eigenvalue weighted by Gasteiger charge is 2.41. The molecule has 3 aromatic carbocycles. The van der Waals surface area contributed by atoms with Gasteiger partial charge < -0.3 is 0 Å². The normalized spacial score (nSPS) is 18.7. The molecular weight excluding hydrogens is 405 g/mol. The maximum absolute atomic E-state index is 17.1. The molecule has 0 nitrogen and oxygen atoms in total. The van der Waals surface area contributed by atoms with Crippen molar-refractivity contribution in [3.8, 4) is 11.8 Å². The quantitative estimate of drug-likeness (QED) is 0.368. The summed E-state index contributed by atoms with van der Waals surface area (Å²) in [6.45, 7) is 4.17. The molecule has 3 heteroatoms. The molecule has 0 heterocycles. The Labute approximate surface area is 187 Å². The minimum Gasteiger partial charge on any atom is -0.233 e. The molecule has 1 aliphatic carbocycles. The zero-order chi connectivity index (χ0) is 22.7. The second kappa shape index (κ2) is 9.09. The van der Waals surface area contributed by atoms with Gasteiger partial charge in [-0.2, -0.15) is 0 Å². The van der Waals surface area contributed by atoms with Crippen LogP contribution in [0.15, 0.2) is 78.4 Å². The number of alkyl halides is 1. The monoisotopic (exact) mass is 430 g/mol. The number of hydrogen-bond acceptors (Lipinski definition) is 0. The van der Waals surface area contributed by atoms with Gasteiger partial charge in [-0.3, -0.25) is 0 Å². The van der Waals surface area contributed by atoms with Crippen LogP contribution < -0.4 is 0 Å². The summed E-state index contributed by atoms with van der Waals surface area (Å²) in [6.07, 6.45) is 7.79. The van der Waals surface area contributed by atoms with Gasteiger partial charge in [0.2, 0.25) is 0 Å². The summed E-state index contributed by atoms with van der Waals surface area (Å²) in [4.78, 5) is 0. The fourth-order valence-electron chi connectivity index (χ4n) is 4.56. The van der Waals surface area contributed by atoms with Crippen LogP contribution in [0.2, 0.25) is 0 Å². The topological polar surface area (TPSA) is 0 Å². The predicted octanol–water partition coefficient (Wildman–Crippen LogP) is 8.01. The molecule has 0 amide bonds. The van der Waals surface area contributed by atoms with Crippen LogP contribution in [-0.4, -0.2) is 0 Å². The maximum atomic E-state index is 17.1. The molecule has 0 aromatic heterocycles. The summed E-state index contributed by atoms with van der Waals surface area (Å²) < 4.78 is 44.0. The van der Waals surface area contributed by atoms with Crippen molar-refractivity contribution in [3.05, 3.63) is 107 Å². The predicted molar refractivity (Wildman–Crippen MR) is 125 cm³/mol. The zero-order valence-corrected chi connectivity index (χ0v) is 18.3. The highest BCUT2D eigenvalue weighted by atomic mass is 19.2. The van der Waals surface area contributed by atoms with Crippen molar-refractivity contribution in [1.82, 2.24) is 0 Å². The molecule has 0 saturated heterocycles. The molecule has 1 aliphatic rings. The first-order valence-electron chi connectivity index (χ1n) is 11.0. The molecule has 0 bridgehead atoms. The third-order valence-electron chi connectivity index (χ3n) is 6.11. The number of hydrogen-bond donors (Lipinski definition) is 0. The van der Waals surface area contributed by atoms with Crippen LogP contribution >= 0.6 is 0 Å². The molecule has 2 unspecified atom stereocenters. The SMILES string of the molecule is CCCC(C)C1=CC=CCC1(F)c1c(C#Cc2ccc(F)c(F)c2)ccc2ccccc12. The Morgan fingerprint density at radius 2 is 1.81 bits per heavy atom. The van der Waals surface area contributed by atoms with E-state index in [9.17, 15) is 8.78 Å². The molecule has 4 rings (SSSR count). The van der Waals surface area contributed by atoms with Crippen LogP contribution in [0.25, 0.3) is 10.8 Å². The average molecular weight is 431 g/mol. The van der Waals surface area contributed by atoms with E-state index >= 15 is 4.39 Å². The molecule has 0 spiro atoms. The maximum Gasteiger partial charge on any atom is 0.162 e. The number of fused-ring (bicyclic) bond motifs is 1. The van der Waals surface area contributed by atoms with E-state index in [0.717, 1.165) is 41.3 Å². The van der Waals surface area contributed by atoms with Gasteiger partial charge in [-0.25, -0.2) is 13.2 Å². The Bertz CT molecular complexity index is 1270. The van der Waals surface area contributed by atoms with E-state index in [1.807, 2.05) is 54.6 Å². The lowest BCUT2D eigenvalue weighted by Gasteiger charge is -2.35. The first-order valence-corrected chi connectivity index (χ1v) is 11.0. The van der Waals surface area contributed by atoms with Crippen molar-refractivity contribution in [2.45, 2.75) is 38.8 Å². The summed E-state index contributed by atoms with van der Waals surface area (Å²) in [5.74, 6) is 4.17. The minimum atomic E-state index is -1.69. The second-order valence-corrected chi connectivity index (χ2v) is 8.33. The summed E-state index contributed by atoms with van der Waals surface area (Å²) in [6, 6.07) is 15.0. The third-order valence-corrected chi connectivity index (χ3v) is 6.11. The minimum absolute atomic E-state index is 0.0842. The lowest BCUT2D eigenvalue weighted by molar-refractivity contribution is 0.198. The van der Waals surface area contributed by atoms with Crippen molar-refractivity contribution >= 4 is 10.8 Å². The Kier molecular flexibility index (Phi) is 6.24. The number of halogens is 3. The van der Waals surface area contributed by atoms with Gasteiger partial charge >= 0.3 is 0 Å². The van der Waals surface area contributed by atoms with E-state index in [4.69, 9.17) is 0 Å². The van der Waals surface area contributed by atoms with E-state index in [1.54, 1.807) is 0 Å². The van der Waals surface area contributed by atoms with Crippen molar-refractivity contribution in [2.75, 3.05) is 0 Å². The summed E-state index contributed by atoms with van der Waals surface area (Å²) in [7, 11) is 0. The van der Waals surface area contributed by atoms with E-state index in [1.165, 1.54) is 6.07 Å².